The van der Waals surface area contributed by atoms with Gasteiger partial charge in [0.25, 0.3) is 0 Å². The van der Waals surface area contributed by atoms with Gasteiger partial charge in [-0.05, 0) is 30.2 Å². The van der Waals surface area contributed by atoms with Crippen LogP contribution in [-0.2, 0) is 6.42 Å². The molecular formula is C17H17NO4. The van der Waals surface area contributed by atoms with Crippen LogP contribution in [0.2, 0.25) is 0 Å². The van der Waals surface area contributed by atoms with Crippen molar-refractivity contribution in [2.45, 2.75) is 19.8 Å². The number of benzene rings is 2. The fraction of sp³-hybridized carbons (Fsp3) is 0.176. The second-order valence-electron chi connectivity index (χ2n) is 4.72. The van der Waals surface area contributed by atoms with E-state index in [4.69, 9.17) is 4.74 Å². The van der Waals surface area contributed by atoms with Crippen LogP contribution in [0.4, 0.5) is 10.5 Å². The van der Waals surface area contributed by atoms with E-state index in [1.54, 1.807) is 42.5 Å². The molecule has 0 aliphatic rings. The van der Waals surface area contributed by atoms with Crippen LogP contribution in [0.15, 0.2) is 48.5 Å². The molecule has 5 heteroatoms. The van der Waals surface area contributed by atoms with Crippen LogP contribution in [0.5, 0.6) is 5.75 Å². The maximum atomic E-state index is 11.9. The van der Waals surface area contributed by atoms with Gasteiger partial charge in [-0.2, -0.15) is 0 Å². The summed E-state index contributed by atoms with van der Waals surface area (Å²) >= 11 is 0. The molecule has 22 heavy (non-hydrogen) atoms. The van der Waals surface area contributed by atoms with Crippen LogP contribution in [0.1, 0.15) is 29.3 Å². The van der Waals surface area contributed by atoms with Crippen LogP contribution < -0.4 is 10.1 Å². The Kier molecular flexibility index (Phi) is 5.14. The molecule has 2 N–H and O–H groups in total. The molecule has 0 bridgehead atoms. The lowest BCUT2D eigenvalue weighted by atomic mass is 10.0. The summed E-state index contributed by atoms with van der Waals surface area (Å²) in [6.07, 6.45) is 0.727. The van der Waals surface area contributed by atoms with Gasteiger partial charge in [-0.3, -0.25) is 5.32 Å². The Labute approximate surface area is 128 Å². The second-order valence-corrected chi connectivity index (χ2v) is 4.72. The molecule has 0 heterocycles. The van der Waals surface area contributed by atoms with Gasteiger partial charge in [0.1, 0.15) is 5.75 Å². The number of carbonyl (C=O) groups is 2. The first kappa shape index (κ1) is 15.6. The van der Waals surface area contributed by atoms with Crippen LogP contribution in [0, 0.1) is 0 Å². The fourth-order valence-electron chi connectivity index (χ4n) is 2.17. The summed E-state index contributed by atoms with van der Waals surface area (Å²) in [6, 6.07) is 13.6. The predicted molar refractivity (Wildman–Crippen MR) is 83.5 cm³/mol. The van der Waals surface area contributed by atoms with E-state index in [-0.39, 0.29) is 11.3 Å². The summed E-state index contributed by atoms with van der Waals surface area (Å²) in [6.45, 7) is 1.97. The zero-order valence-electron chi connectivity index (χ0n) is 12.2. The Hall–Kier alpha value is -2.82. The minimum absolute atomic E-state index is 0.106. The number of anilines is 1. The van der Waals surface area contributed by atoms with E-state index in [9.17, 15) is 14.7 Å². The van der Waals surface area contributed by atoms with Gasteiger partial charge in [0, 0.05) is 0 Å². The van der Waals surface area contributed by atoms with Crippen molar-refractivity contribution in [3.05, 3.63) is 59.7 Å². The Balaban J connectivity index is 2.20. The Morgan fingerprint density at radius 2 is 1.82 bits per heavy atom. The van der Waals surface area contributed by atoms with E-state index in [0.29, 0.717) is 17.7 Å². The maximum absolute atomic E-state index is 11.9. The molecular weight excluding hydrogens is 282 g/mol. The number of amides is 1. The van der Waals surface area contributed by atoms with Crippen molar-refractivity contribution in [3.63, 3.8) is 0 Å². The quantitative estimate of drug-likeness (QED) is 0.876. The minimum Gasteiger partial charge on any atom is -0.478 e. The Morgan fingerprint density at radius 3 is 2.45 bits per heavy atom. The van der Waals surface area contributed by atoms with Gasteiger partial charge in [0.2, 0.25) is 0 Å². The number of aryl methyl sites for hydroxylation is 1. The molecule has 0 unspecified atom stereocenters. The van der Waals surface area contributed by atoms with Crippen molar-refractivity contribution in [2.24, 2.45) is 0 Å². The molecule has 0 radical (unpaired) electrons. The normalized spacial score (nSPS) is 10.0. The van der Waals surface area contributed by atoms with E-state index in [2.05, 4.69) is 5.32 Å². The average Bonchev–Trinajstić information content (AvgIpc) is 2.48. The van der Waals surface area contributed by atoms with Crippen LogP contribution >= 0.6 is 0 Å². The average molecular weight is 299 g/mol. The molecule has 2 rings (SSSR count). The molecule has 5 nitrogen and oxygen atoms in total. The van der Waals surface area contributed by atoms with Gasteiger partial charge in [0.05, 0.1) is 11.3 Å². The molecule has 0 spiro atoms. The molecule has 1 amide bonds. The van der Waals surface area contributed by atoms with Crippen molar-refractivity contribution >= 4 is 17.7 Å². The first-order valence-electron chi connectivity index (χ1n) is 7.01. The first-order valence-corrected chi connectivity index (χ1v) is 7.01. The van der Waals surface area contributed by atoms with E-state index >= 15 is 0 Å². The number of carboxylic acid groups (broad SMARTS) is 1. The van der Waals surface area contributed by atoms with Gasteiger partial charge in [0.15, 0.2) is 0 Å². The standard InChI is InChI=1S/C17H17NO4/c1-2-7-12-8-6-11-14(15(12)16(19)20)18-17(21)22-13-9-4-3-5-10-13/h3-6,8-11H,2,7H2,1H3,(H,18,21)(H,19,20). The largest absolute Gasteiger partial charge is 0.478 e. The first-order chi connectivity index (χ1) is 10.6. The van der Waals surface area contributed by atoms with Gasteiger partial charge >= 0.3 is 12.1 Å². The third-order valence-corrected chi connectivity index (χ3v) is 3.07. The zero-order valence-corrected chi connectivity index (χ0v) is 12.2. The fourth-order valence-corrected chi connectivity index (χ4v) is 2.17. The van der Waals surface area contributed by atoms with Crippen molar-refractivity contribution in [1.29, 1.82) is 0 Å². The predicted octanol–water partition coefficient (Wildman–Crippen LogP) is 3.95. The van der Waals surface area contributed by atoms with Gasteiger partial charge < -0.3 is 9.84 Å². The summed E-state index contributed by atoms with van der Waals surface area (Å²) in [5.41, 5.74) is 1.03. The highest BCUT2D eigenvalue weighted by molar-refractivity contribution is 6.00. The maximum Gasteiger partial charge on any atom is 0.417 e. The van der Waals surface area contributed by atoms with Crippen LogP contribution in [0.25, 0.3) is 0 Å². The Bertz CT molecular complexity index is 668. The van der Waals surface area contributed by atoms with Crippen molar-refractivity contribution in [3.8, 4) is 5.75 Å². The molecule has 0 saturated heterocycles. The number of ether oxygens (including phenoxy) is 1. The second kappa shape index (κ2) is 7.26. The molecule has 0 fully saturated rings. The van der Waals surface area contributed by atoms with Crippen molar-refractivity contribution in [1.82, 2.24) is 0 Å². The smallest absolute Gasteiger partial charge is 0.417 e. The minimum atomic E-state index is -1.07. The summed E-state index contributed by atoms with van der Waals surface area (Å²) in [7, 11) is 0. The van der Waals surface area contributed by atoms with Crippen LogP contribution in [0.3, 0.4) is 0 Å². The number of carbonyl (C=O) groups excluding carboxylic acids is 1. The van der Waals surface area contributed by atoms with Gasteiger partial charge in [-0.15, -0.1) is 0 Å². The molecule has 2 aromatic carbocycles. The summed E-state index contributed by atoms with van der Waals surface area (Å²) in [5.74, 6) is -0.680. The molecule has 0 aliphatic carbocycles. The highest BCUT2D eigenvalue weighted by atomic mass is 16.6. The number of hydrogen-bond acceptors (Lipinski definition) is 3. The topological polar surface area (TPSA) is 75.6 Å². The van der Waals surface area contributed by atoms with Gasteiger partial charge in [-0.25, -0.2) is 9.59 Å². The lowest BCUT2D eigenvalue weighted by Gasteiger charge is -2.12. The van der Waals surface area contributed by atoms with E-state index in [0.717, 1.165) is 6.42 Å². The van der Waals surface area contributed by atoms with Crippen LogP contribution in [-0.4, -0.2) is 17.2 Å². The highest BCUT2D eigenvalue weighted by Crippen LogP contribution is 2.22. The zero-order chi connectivity index (χ0) is 15.9. The summed E-state index contributed by atoms with van der Waals surface area (Å²) < 4.78 is 5.11. The van der Waals surface area contributed by atoms with E-state index < -0.39 is 12.1 Å². The monoisotopic (exact) mass is 299 g/mol. The highest BCUT2D eigenvalue weighted by Gasteiger charge is 2.17. The SMILES string of the molecule is CCCc1cccc(NC(=O)Oc2ccccc2)c1C(=O)O. The molecule has 0 aliphatic heterocycles. The van der Waals surface area contributed by atoms with Crippen molar-refractivity contribution in [2.75, 3.05) is 5.32 Å². The number of aromatic carboxylic acids is 1. The third-order valence-electron chi connectivity index (χ3n) is 3.07. The van der Waals surface area contributed by atoms with Gasteiger partial charge in [-0.1, -0.05) is 43.7 Å². The number of hydrogen-bond donors (Lipinski definition) is 2. The van der Waals surface area contributed by atoms with E-state index in [1.807, 2.05) is 13.0 Å². The summed E-state index contributed by atoms with van der Waals surface area (Å²) in [4.78, 5) is 23.4. The number of rotatable bonds is 5. The van der Waals surface area contributed by atoms with E-state index in [1.165, 1.54) is 0 Å². The lowest BCUT2D eigenvalue weighted by Crippen LogP contribution is -2.19. The summed E-state index contributed by atoms with van der Waals surface area (Å²) in [5, 5.41) is 11.9. The van der Waals surface area contributed by atoms with Crippen molar-refractivity contribution < 1.29 is 19.4 Å². The number of para-hydroxylation sites is 1. The Morgan fingerprint density at radius 1 is 1.09 bits per heavy atom. The molecule has 0 aromatic heterocycles. The third kappa shape index (κ3) is 3.85. The number of nitrogens with one attached hydrogen (secondary N) is 1. The number of carboxylic acids is 1. The molecule has 114 valence electrons. The lowest BCUT2D eigenvalue weighted by molar-refractivity contribution is 0.0697. The molecule has 0 atom stereocenters. The molecule has 0 saturated carbocycles. The molecule has 2 aromatic rings.